The van der Waals surface area contributed by atoms with E-state index in [1.165, 1.54) is 35.7 Å². The minimum absolute atomic E-state index is 0.0721. The monoisotopic (exact) mass is 388 g/mol. The van der Waals surface area contributed by atoms with E-state index in [1.54, 1.807) is 0 Å². The summed E-state index contributed by atoms with van der Waals surface area (Å²) in [6, 6.07) is 8.06. The van der Waals surface area contributed by atoms with Crippen LogP contribution in [-0.2, 0) is 16.1 Å². The van der Waals surface area contributed by atoms with Crippen molar-refractivity contribution in [1.29, 1.82) is 0 Å². The second-order valence-electron chi connectivity index (χ2n) is 5.16. The Morgan fingerprint density at radius 2 is 1.60 bits per heavy atom. The molecule has 0 atom stereocenters. The third-order valence-corrected chi connectivity index (χ3v) is 4.02. The molecule has 0 amide bonds. The molecule has 1 aromatic carbocycles. The number of rotatable bonds is 10. The van der Waals surface area contributed by atoms with Crippen molar-refractivity contribution in [2.45, 2.75) is 64.9 Å². The van der Waals surface area contributed by atoms with Crippen LogP contribution in [0.3, 0.4) is 0 Å². The zero-order valence-corrected chi connectivity index (χ0v) is 14.5. The standard InChI is InChI=1S/C17H25IO2/c1-2-3-4-5-6-7-8-9-17(19)20-14-15-10-12-16(18)13-11-15/h10-13H,2-9,14H2,1H3. The molecule has 0 aromatic heterocycles. The Bertz CT molecular complexity index is 373. The molecule has 0 bridgehead atoms. The Kier molecular flexibility index (Phi) is 9.71. The quantitative estimate of drug-likeness (QED) is 0.302. The Labute approximate surface area is 136 Å². The molecular weight excluding hydrogens is 363 g/mol. The van der Waals surface area contributed by atoms with Gasteiger partial charge in [0, 0.05) is 9.99 Å². The molecule has 2 nitrogen and oxygen atoms in total. The van der Waals surface area contributed by atoms with Gasteiger partial charge in [0.15, 0.2) is 0 Å². The van der Waals surface area contributed by atoms with Crippen LogP contribution in [0.5, 0.6) is 0 Å². The van der Waals surface area contributed by atoms with Gasteiger partial charge < -0.3 is 4.74 Å². The first-order valence-corrected chi connectivity index (χ1v) is 8.70. The van der Waals surface area contributed by atoms with Gasteiger partial charge >= 0.3 is 5.97 Å². The summed E-state index contributed by atoms with van der Waals surface area (Å²) in [7, 11) is 0. The van der Waals surface area contributed by atoms with Crippen LogP contribution in [0.1, 0.15) is 63.9 Å². The molecule has 0 heterocycles. The number of hydrogen-bond acceptors (Lipinski definition) is 2. The number of carbonyl (C=O) groups is 1. The lowest BCUT2D eigenvalue weighted by molar-refractivity contribution is -0.145. The number of carbonyl (C=O) groups excluding carboxylic acids is 1. The molecule has 0 radical (unpaired) electrons. The number of ether oxygens (including phenoxy) is 1. The maximum Gasteiger partial charge on any atom is 0.306 e. The molecule has 112 valence electrons. The van der Waals surface area contributed by atoms with Crippen LogP contribution >= 0.6 is 22.6 Å². The maximum absolute atomic E-state index is 11.6. The van der Waals surface area contributed by atoms with Gasteiger partial charge in [-0.05, 0) is 46.7 Å². The predicted octanol–water partition coefficient (Wildman–Crippen LogP) is 5.48. The third-order valence-electron chi connectivity index (χ3n) is 3.30. The van der Waals surface area contributed by atoms with Crippen molar-refractivity contribution in [2.24, 2.45) is 0 Å². The number of halogens is 1. The number of unbranched alkanes of at least 4 members (excludes halogenated alkanes) is 6. The topological polar surface area (TPSA) is 26.3 Å². The summed E-state index contributed by atoms with van der Waals surface area (Å²) < 4.78 is 6.47. The summed E-state index contributed by atoms with van der Waals surface area (Å²) in [5, 5.41) is 0. The van der Waals surface area contributed by atoms with E-state index in [4.69, 9.17) is 4.74 Å². The van der Waals surface area contributed by atoms with Crippen molar-refractivity contribution in [3.63, 3.8) is 0 Å². The number of esters is 1. The highest BCUT2D eigenvalue weighted by Gasteiger charge is 2.03. The van der Waals surface area contributed by atoms with Gasteiger partial charge in [0.1, 0.15) is 6.61 Å². The average molecular weight is 388 g/mol. The maximum atomic E-state index is 11.6. The summed E-state index contributed by atoms with van der Waals surface area (Å²) in [6.07, 6.45) is 9.13. The van der Waals surface area contributed by atoms with Gasteiger partial charge in [0.25, 0.3) is 0 Å². The van der Waals surface area contributed by atoms with E-state index in [-0.39, 0.29) is 5.97 Å². The van der Waals surface area contributed by atoms with Crippen LogP contribution in [-0.4, -0.2) is 5.97 Å². The van der Waals surface area contributed by atoms with Crippen LogP contribution in [0.2, 0.25) is 0 Å². The van der Waals surface area contributed by atoms with Crippen molar-refractivity contribution in [1.82, 2.24) is 0 Å². The van der Waals surface area contributed by atoms with Crippen LogP contribution in [0.25, 0.3) is 0 Å². The van der Waals surface area contributed by atoms with E-state index < -0.39 is 0 Å². The summed E-state index contributed by atoms with van der Waals surface area (Å²) in [5.41, 5.74) is 1.05. The summed E-state index contributed by atoms with van der Waals surface area (Å²) in [5.74, 6) is -0.0721. The molecule has 0 aliphatic rings. The fraction of sp³-hybridized carbons (Fsp3) is 0.588. The zero-order chi connectivity index (χ0) is 14.6. The minimum atomic E-state index is -0.0721. The molecule has 0 N–H and O–H groups in total. The van der Waals surface area contributed by atoms with Crippen molar-refractivity contribution in [3.05, 3.63) is 33.4 Å². The van der Waals surface area contributed by atoms with Crippen LogP contribution in [0.4, 0.5) is 0 Å². The van der Waals surface area contributed by atoms with Gasteiger partial charge in [0.2, 0.25) is 0 Å². The minimum Gasteiger partial charge on any atom is -0.461 e. The highest BCUT2D eigenvalue weighted by atomic mass is 127. The molecule has 3 heteroatoms. The summed E-state index contributed by atoms with van der Waals surface area (Å²) in [6.45, 7) is 2.62. The van der Waals surface area contributed by atoms with Crippen molar-refractivity contribution in [2.75, 3.05) is 0 Å². The first-order chi connectivity index (χ1) is 9.72. The molecule has 0 aliphatic heterocycles. The fourth-order valence-corrected chi connectivity index (χ4v) is 2.40. The smallest absolute Gasteiger partial charge is 0.306 e. The first-order valence-electron chi connectivity index (χ1n) is 7.62. The molecule has 1 rings (SSSR count). The van der Waals surface area contributed by atoms with E-state index in [1.807, 2.05) is 24.3 Å². The number of benzene rings is 1. The van der Waals surface area contributed by atoms with Crippen LogP contribution < -0.4 is 0 Å². The highest BCUT2D eigenvalue weighted by molar-refractivity contribution is 14.1. The SMILES string of the molecule is CCCCCCCCCC(=O)OCc1ccc(I)cc1. The average Bonchev–Trinajstić information content (AvgIpc) is 2.46. The lowest BCUT2D eigenvalue weighted by atomic mass is 10.1. The summed E-state index contributed by atoms with van der Waals surface area (Å²) in [4.78, 5) is 11.6. The first kappa shape index (κ1) is 17.5. The van der Waals surface area contributed by atoms with E-state index in [0.717, 1.165) is 18.4 Å². The number of hydrogen-bond donors (Lipinski definition) is 0. The molecule has 0 saturated carbocycles. The molecule has 0 unspecified atom stereocenters. The third kappa shape index (κ3) is 8.56. The van der Waals surface area contributed by atoms with E-state index in [9.17, 15) is 4.79 Å². The Balaban J connectivity index is 2.01. The molecule has 1 aromatic rings. The normalized spacial score (nSPS) is 10.5. The van der Waals surface area contributed by atoms with Crippen molar-refractivity contribution < 1.29 is 9.53 Å². The molecule has 0 saturated heterocycles. The second-order valence-corrected chi connectivity index (χ2v) is 6.40. The largest absolute Gasteiger partial charge is 0.461 e. The second kappa shape index (κ2) is 11.1. The van der Waals surface area contributed by atoms with E-state index in [0.29, 0.717) is 13.0 Å². The Morgan fingerprint density at radius 1 is 1.00 bits per heavy atom. The highest BCUT2D eigenvalue weighted by Crippen LogP contribution is 2.10. The van der Waals surface area contributed by atoms with Gasteiger partial charge in [-0.3, -0.25) is 4.79 Å². The molecule has 0 spiro atoms. The fourth-order valence-electron chi connectivity index (χ4n) is 2.04. The van der Waals surface area contributed by atoms with Crippen molar-refractivity contribution in [3.8, 4) is 0 Å². The van der Waals surface area contributed by atoms with Gasteiger partial charge in [-0.25, -0.2) is 0 Å². The van der Waals surface area contributed by atoms with Gasteiger partial charge in [-0.1, -0.05) is 57.6 Å². The Morgan fingerprint density at radius 3 is 2.25 bits per heavy atom. The summed E-state index contributed by atoms with van der Waals surface area (Å²) >= 11 is 2.26. The van der Waals surface area contributed by atoms with E-state index in [2.05, 4.69) is 29.5 Å². The molecule has 0 fully saturated rings. The lowest BCUT2D eigenvalue weighted by Crippen LogP contribution is -2.04. The van der Waals surface area contributed by atoms with Gasteiger partial charge in [0.05, 0.1) is 0 Å². The van der Waals surface area contributed by atoms with Crippen LogP contribution in [0, 0.1) is 3.57 Å². The van der Waals surface area contributed by atoms with Crippen molar-refractivity contribution >= 4 is 28.6 Å². The molecular formula is C17H25IO2. The predicted molar refractivity (Wildman–Crippen MR) is 91.6 cm³/mol. The molecule has 20 heavy (non-hydrogen) atoms. The van der Waals surface area contributed by atoms with Gasteiger partial charge in [-0.15, -0.1) is 0 Å². The lowest BCUT2D eigenvalue weighted by Gasteiger charge is -2.05. The van der Waals surface area contributed by atoms with Gasteiger partial charge in [-0.2, -0.15) is 0 Å². The van der Waals surface area contributed by atoms with Crippen LogP contribution in [0.15, 0.2) is 24.3 Å². The molecule has 0 aliphatic carbocycles. The van der Waals surface area contributed by atoms with E-state index >= 15 is 0 Å². The Hall–Kier alpha value is -0.580. The zero-order valence-electron chi connectivity index (χ0n) is 12.4.